The van der Waals surface area contributed by atoms with E-state index in [0.717, 1.165) is 11.8 Å². The van der Waals surface area contributed by atoms with Gasteiger partial charge in [0.25, 0.3) is 0 Å². The lowest BCUT2D eigenvalue weighted by Gasteiger charge is -1.97. The first kappa shape index (κ1) is 7.60. The van der Waals surface area contributed by atoms with Crippen LogP contribution in [0.2, 0.25) is 0 Å². The summed E-state index contributed by atoms with van der Waals surface area (Å²) < 4.78 is 4.87. The maximum atomic E-state index is 8.44. The Kier molecular flexibility index (Phi) is 2.49. The lowest BCUT2D eigenvalue weighted by atomic mass is 10.3. The number of pyridine rings is 1. The molecule has 0 amide bonds. The molecule has 0 radical (unpaired) electrons. The van der Waals surface area contributed by atoms with Crippen LogP contribution in [0.25, 0.3) is 6.08 Å². The zero-order chi connectivity index (χ0) is 8.10. The van der Waals surface area contributed by atoms with E-state index in [-0.39, 0.29) is 0 Å². The minimum absolute atomic E-state index is 0.542. The van der Waals surface area contributed by atoms with Crippen LogP contribution in [0.1, 0.15) is 5.56 Å². The van der Waals surface area contributed by atoms with Gasteiger partial charge in [-0.25, -0.2) is 4.98 Å². The molecule has 0 atom stereocenters. The van der Waals surface area contributed by atoms with Crippen LogP contribution in [0.15, 0.2) is 24.6 Å². The van der Waals surface area contributed by atoms with Gasteiger partial charge >= 0.3 is 0 Å². The number of rotatable bonds is 2. The van der Waals surface area contributed by atoms with Crippen LogP contribution in [0.5, 0.6) is 5.88 Å². The Bertz CT molecular complexity index is 258. The molecule has 0 fully saturated rings. The molecule has 11 heavy (non-hydrogen) atoms. The zero-order valence-electron chi connectivity index (χ0n) is 6.19. The lowest BCUT2D eigenvalue weighted by Crippen LogP contribution is -1.86. The highest BCUT2D eigenvalue weighted by Gasteiger charge is 1.91. The van der Waals surface area contributed by atoms with Gasteiger partial charge in [-0.1, -0.05) is 0 Å². The Balaban J connectivity index is 2.91. The maximum absolute atomic E-state index is 8.44. The van der Waals surface area contributed by atoms with Gasteiger partial charge < -0.3 is 9.84 Å². The molecule has 0 aliphatic carbocycles. The summed E-state index contributed by atoms with van der Waals surface area (Å²) in [6.07, 6.45) is 4.16. The average Bonchev–Trinajstić information content (AvgIpc) is 2.06. The van der Waals surface area contributed by atoms with Gasteiger partial charge in [0.15, 0.2) is 0 Å². The Morgan fingerprint density at radius 2 is 2.45 bits per heavy atom. The van der Waals surface area contributed by atoms with Crippen LogP contribution in [0.3, 0.4) is 0 Å². The van der Waals surface area contributed by atoms with Crippen molar-refractivity contribution < 1.29 is 9.84 Å². The number of aromatic nitrogens is 1. The number of hydrogen-bond acceptors (Lipinski definition) is 3. The first-order chi connectivity index (χ1) is 5.36. The maximum Gasteiger partial charge on any atom is 0.213 e. The number of ether oxygens (including phenoxy) is 1. The molecule has 0 spiro atoms. The molecule has 1 aromatic rings. The highest BCUT2D eigenvalue weighted by Crippen LogP contribution is 2.09. The summed E-state index contributed by atoms with van der Waals surface area (Å²) in [6.45, 7) is 0. The standard InChI is InChI=1S/C8H9NO2/c1-11-8-6-7(3-5-10)2-4-9-8/h2-6,10H,1H3/b5-3+. The molecule has 0 unspecified atom stereocenters. The normalized spacial score (nSPS) is 10.3. The molecular formula is C8H9NO2. The molecule has 0 bridgehead atoms. The van der Waals surface area contributed by atoms with Crippen LogP contribution in [-0.4, -0.2) is 17.2 Å². The van der Waals surface area contributed by atoms with Crippen LogP contribution < -0.4 is 4.74 Å². The van der Waals surface area contributed by atoms with Crippen molar-refractivity contribution in [1.82, 2.24) is 4.98 Å². The van der Waals surface area contributed by atoms with E-state index in [1.807, 2.05) is 0 Å². The number of aliphatic hydroxyl groups is 1. The Labute approximate surface area is 65.0 Å². The van der Waals surface area contributed by atoms with Gasteiger partial charge in [-0.05, 0) is 17.7 Å². The molecule has 58 valence electrons. The number of methoxy groups -OCH3 is 1. The smallest absolute Gasteiger partial charge is 0.213 e. The van der Waals surface area contributed by atoms with E-state index in [1.165, 1.54) is 0 Å². The van der Waals surface area contributed by atoms with E-state index in [1.54, 1.807) is 31.5 Å². The van der Waals surface area contributed by atoms with Crippen LogP contribution in [0.4, 0.5) is 0 Å². The quantitative estimate of drug-likeness (QED) is 0.653. The Morgan fingerprint density at radius 3 is 3.09 bits per heavy atom. The fourth-order valence-corrected chi connectivity index (χ4v) is 0.726. The first-order valence-corrected chi connectivity index (χ1v) is 3.17. The molecular weight excluding hydrogens is 142 g/mol. The Hall–Kier alpha value is -1.51. The summed E-state index contributed by atoms with van der Waals surface area (Å²) in [5.74, 6) is 0.542. The Morgan fingerprint density at radius 1 is 1.64 bits per heavy atom. The largest absolute Gasteiger partial charge is 0.516 e. The molecule has 0 saturated carbocycles. The highest BCUT2D eigenvalue weighted by molar-refractivity contribution is 5.48. The van der Waals surface area contributed by atoms with E-state index >= 15 is 0 Å². The summed E-state index contributed by atoms with van der Waals surface area (Å²) >= 11 is 0. The van der Waals surface area contributed by atoms with Crippen LogP contribution >= 0.6 is 0 Å². The topological polar surface area (TPSA) is 42.4 Å². The zero-order valence-corrected chi connectivity index (χ0v) is 6.19. The third kappa shape index (κ3) is 1.97. The minimum Gasteiger partial charge on any atom is -0.516 e. The molecule has 0 aromatic carbocycles. The molecule has 0 aliphatic rings. The molecule has 1 rings (SSSR count). The van der Waals surface area contributed by atoms with Crippen molar-refractivity contribution in [2.45, 2.75) is 0 Å². The minimum atomic E-state index is 0.542. The van der Waals surface area contributed by atoms with E-state index in [4.69, 9.17) is 9.84 Å². The molecule has 0 aliphatic heterocycles. The van der Waals surface area contributed by atoms with Crippen molar-refractivity contribution in [3.63, 3.8) is 0 Å². The number of hydrogen-bond donors (Lipinski definition) is 1. The molecule has 1 heterocycles. The second kappa shape index (κ2) is 3.61. The molecule has 1 N–H and O–H groups in total. The van der Waals surface area contributed by atoms with Crippen molar-refractivity contribution in [1.29, 1.82) is 0 Å². The van der Waals surface area contributed by atoms with Crippen LogP contribution in [-0.2, 0) is 0 Å². The van der Waals surface area contributed by atoms with Crippen molar-refractivity contribution in [2.75, 3.05) is 7.11 Å². The summed E-state index contributed by atoms with van der Waals surface area (Å²) in [4.78, 5) is 3.90. The van der Waals surface area contributed by atoms with Gasteiger partial charge in [-0.15, -0.1) is 0 Å². The van der Waals surface area contributed by atoms with E-state index in [0.29, 0.717) is 5.88 Å². The molecule has 3 nitrogen and oxygen atoms in total. The van der Waals surface area contributed by atoms with Crippen molar-refractivity contribution in [3.8, 4) is 5.88 Å². The van der Waals surface area contributed by atoms with E-state index in [9.17, 15) is 0 Å². The number of nitrogens with zero attached hydrogens (tertiary/aromatic N) is 1. The van der Waals surface area contributed by atoms with Gasteiger partial charge in [0, 0.05) is 12.3 Å². The van der Waals surface area contributed by atoms with E-state index in [2.05, 4.69) is 4.98 Å². The second-order valence-corrected chi connectivity index (χ2v) is 1.95. The fraction of sp³-hybridized carbons (Fsp3) is 0.125. The van der Waals surface area contributed by atoms with Crippen molar-refractivity contribution in [3.05, 3.63) is 30.2 Å². The SMILES string of the molecule is COc1cc(/C=C/O)ccn1. The van der Waals surface area contributed by atoms with E-state index < -0.39 is 0 Å². The average molecular weight is 151 g/mol. The van der Waals surface area contributed by atoms with Gasteiger partial charge in [-0.3, -0.25) is 0 Å². The van der Waals surface area contributed by atoms with Crippen molar-refractivity contribution >= 4 is 6.08 Å². The van der Waals surface area contributed by atoms with Gasteiger partial charge in [-0.2, -0.15) is 0 Å². The monoisotopic (exact) mass is 151 g/mol. The predicted octanol–water partition coefficient (Wildman–Crippen LogP) is 1.62. The summed E-state index contributed by atoms with van der Waals surface area (Å²) in [7, 11) is 1.55. The first-order valence-electron chi connectivity index (χ1n) is 3.17. The number of aliphatic hydroxyl groups excluding tert-OH is 1. The van der Waals surface area contributed by atoms with Crippen LogP contribution in [0, 0.1) is 0 Å². The van der Waals surface area contributed by atoms with Gasteiger partial charge in [0.1, 0.15) is 0 Å². The highest BCUT2D eigenvalue weighted by atomic mass is 16.5. The summed E-state index contributed by atoms with van der Waals surface area (Å²) in [5.41, 5.74) is 0.861. The van der Waals surface area contributed by atoms with Crippen molar-refractivity contribution in [2.24, 2.45) is 0 Å². The van der Waals surface area contributed by atoms with Gasteiger partial charge in [0.2, 0.25) is 5.88 Å². The fourth-order valence-electron chi connectivity index (χ4n) is 0.726. The molecule has 0 saturated heterocycles. The third-order valence-corrected chi connectivity index (χ3v) is 1.24. The predicted molar refractivity (Wildman–Crippen MR) is 42.5 cm³/mol. The molecule has 3 heteroatoms. The third-order valence-electron chi connectivity index (χ3n) is 1.24. The lowest BCUT2D eigenvalue weighted by molar-refractivity contribution is 0.398. The van der Waals surface area contributed by atoms with Gasteiger partial charge in [0.05, 0.1) is 13.4 Å². The second-order valence-electron chi connectivity index (χ2n) is 1.95. The molecule has 1 aromatic heterocycles. The summed E-state index contributed by atoms with van der Waals surface area (Å²) in [6, 6.07) is 3.50. The summed E-state index contributed by atoms with van der Waals surface area (Å²) in [5, 5.41) is 8.44.